The molecule has 6 nitrogen and oxygen atoms in total. The van der Waals surface area contributed by atoms with Crippen LogP contribution in [0.4, 0.5) is 0 Å². The largest absolute Gasteiger partial charge is 0.461 e. The number of likely N-dealkylation sites (N-methyl/N-ethyl adjacent to an activating group) is 2. The fourth-order valence-corrected chi connectivity index (χ4v) is 7.01. The molecule has 0 aliphatic heterocycles. The van der Waals surface area contributed by atoms with Gasteiger partial charge in [0.15, 0.2) is 0 Å². The first kappa shape index (κ1) is 48.1. The molecule has 0 amide bonds. The van der Waals surface area contributed by atoms with Gasteiger partial charge in [0.2, 0.25) is 0 Å². The summed E-state index contributed by atoms with van der Waals surface area (Å²) in [6, 6.07) is 6.66. The Morgan fingerprint density at radius 1 is 0.385 bits per heavy atom. The van der Waals surface area contributed by atoms with Gasteiger partial charge in [-0.3, -0.25) is 0 Å². The van der Waals surface area contributed by atoms with Crippen molar-refractivity contribution in [2.75, 3.05) is 52.5 Å². The Kier molecular flexibility index (Phi) is 33.4. The Balaban J connectivity index is 2.10. The van der Waals surface area contributed by atoms with Crippen molar-refractivity contribution in [2.45, 2.75) is 195 Å². The quantitative estimate of drug-likeness (QED) is 0.0499. The zero-order chi connectivity index (χ0) is 37.7. The van der Waals surface area contributed by atoms with E-state index in [4.69, 9.17) is 9.47 Å². The lowest BCUT2D eigenvalue weighted by Gasteiger charge is -2.20. The number of nitrogens with zero attached hydrogens (tertiary/aromatic N) is 2. The van der Waals surface area contributed by atoms with Crippen LogP contribution in [0.5, 0.6) is 0 Å². The minimum atomic E-state index is -0.344. The number of carbonyl (C=O) groups excluding carboxylic acids is 2. The van der Waals surface area contributed by atoms with Crippen LogP contribution in [0, 0.1) is 0 Å². The highest BCUT2D eigenvalue weighted by atomic mass is 16.5. The molecule has 0 atom stereocenters. The van der Waals surface area contributed by atoms with Gasteiger partial charge in [0, 0.05) is 13.1 Å². The third kappa shape index (κ3) is 27.7. The van der Waals surface area contributed by atoms with Crippen LogP contribution in [0.3, 0.4) is 0 Å². The van der Waals surface area contributed by atoms with E-state index in [0.717, 1.165) is 39.3 Å². The topological polar surface area (TPSA) is 59.1 Å². The molecule has 0 fully saturated rings. The smallest absolute Gasteiger partial charge is 0.338 e. The van der Waals surface area contributed by atoms with E-state index < -0.39 is 0 Å². The number of benzene rings is 1. The minimum absolute atomic E-state index is 0.344. The lowest BCUT2D eigenvalue weighted by molar-refractivity contribution is 0.0449. The zero-order valence-electron chi connectivity index (χ0n) is 34.9. The standard InChI is InChI=1S/C46H84N2O4/c1-5-9-11-13-15-17-19-21-23-25-27-29-31-37-47(7-3)39-41-51-45(49)43-33-35-44(36-34-43)46(50)52-42-40-48(8-4)38-32-30-28-26-24-22-20-18-16-14-12-10-6-2/h33-36H,5-32,37-42H2,1-4H3. The van der Waals surface area contributed by atoms with Crippen molar-refractivity contribution in [3.05, 3.63) is 35.4 Å². The average molecular weight is 729 g/mol. The predicted octanol–water partition coefficient (Wildman–Crippen LogP) is 12.8. The Bertz CT molecular complexity index is 862. The van der Waals surface area contributed by atoms with Crippen LogP contribution >= 0.6 is 0 Å². The van der Waals surface area contributed by atoms with E-state index >= 15 is 0 Å². The van der Waals surface area contributed by atoms with Crippen molar-refractivity contribution >= 4 is 11.9 Å². The molecule has 6 heteroatoms. The summed E-state index contributed by atoms with van der Waals surface area (Å²) in [5, 5.41) is 0. The SMILES string of the molecule is CCCCCCCCCCCCCCCN(CC)CCOC(=O)c1ccc(C(=O)OCCN(CC)CCCCCCCCCCCCCCC)cc1. The van der Waals surface area contributed by atoms with Crippen molar-refractivity contribution in [3.8, 4) is 0 Å². The summed E-state index contributed by atoms with van der Waals surface area (Å²) >= 11 is 0. The van der Waals surface area contributed by atoms with Crippen molar-refractivity contribution in [1.29, 1.82) is 0 Å². The van der Waals surface area contributed by atoms with Gasteiger partial charge in [0.25, 0.3) is 0 Å². The van der Waals surface area contributed by atoms with Crippen LogP contribution in [-0.2, 0) is 9.47 Å². The molecule has 0 spiro atoms. The van der Waals surface area contributed by atoms with E-state index in [0.29, 0.717) is 24.3 Å². The van der Waals surface area contributed by atoms with E-state index in [2.05, 4.69) is 37.5 Å². The zero-order valence-corrected chi connectivity index (χ0v) is 34.9. The lowest BCUT2D eigenvalue weighted by Crippen LogP contribution is -2.29. The summed E-state index contributed by atoms with van der Waals surface area (Å²) in [5.74, 6) is -0.688. The van der Waals surface area contributed by atoms with Crippen molar-refractivity contribution in [3.63, 3.8) is 0 Å². The predicted molar refractivity (Wildman–Crippen MR) is 223 cm³/mol. The van der Waals surface area contributed by atoms with Crippen molar-refractivity contribution in [2.24, 2.45) is 0 Å². The third-order valence-electron chi connectivity index (χ3n) is 10.7. The van der Waals surface area contributed by atoms with Gasteiger partial charge in [-0.25, -0.2) is 9.59 Å². The molecule has 0 heterocycles. The van der Waals surface area contributed by atoms with Crippen LogP contribution in [-0.4, -0.2) is 74.2 Å². The Hall–Kier alpha value is -1.92. The van der Waals surface area contributed by atoms with Gasteiger partial charge >= 0.3 is 11.9 Å². The molecule has 1 aromatic rings. The Morgan fingerprint density at radius 3 is 0.885 bits per heavy atom. The van der Waals surface area contributed by atoms with E-state index in [9.17, 15) is 9.59 Å². The number of hydrogen-bond donors (Lipinski definition) is 0. The fraction of sp³-hybridized carbons (Fsp3) is 0.826. The van der Waals surface area contributed by atoms with Crippen LogP contribution < -0.4 is 0 Å². The van der Waals surface area contributed by atoms with Gasteiger partial charge in [-0.05, 0) is 63.3 Å². The number of unbranched alkanes of at least 4 members (excludes halogenated alkanes) is 24. The molecule has 0 unspecified atom stereocenters. The average Bonchev–Trinajstić information content (AvgIpc) is 3.16. The fourth-order valence-electron chi connectivity index (χ4n) is 7.01. The summed E-state index contributed by atoms with van der Waals surface area (Å²) in [6.07, 6.45) is 35.5. The highest BCUT2D eigenvalue weighted by Crippen LogP contribution is 2.15. The number of rotatable bonds is 38. The van der Waals surface area contributed by atoms with E-state index in [1.165, 1.54) is 167 Å². The number of carbonyl (C=O) groups is 2. The first-order chi connectivity index (χ1) is 25.5. The van der Waals surface area contributed by atoms with Crippen LogP contribution in [0.2, 0.25) is 0 Å². The highest BCUT2D eigenvalue weighted by molar-refractivity contribution is 5.93. The van der Waals surface area contributed by atoms with Crippen molar-refractivity contribution < 1.29 is 19.1 Å². The summed E-state index contributed by atoms with van der Waals surface area (Å²) in [7, 11) is 0. The van der Waals surface area contributed by atoms with Gasteiger partial charge in [-0.15, -0.1) is 0 Å². The first-order valence-corrected chi connectivity index (χ1v) is 22.4. The molecule has 52 heavy (non-hydrogen) atoms. The maximum Gasteiger partial charge on any atom is 0.338 e. The summed E-state index contributed by atoms with van der Waals surface area (Å²) in [4.78, 5) is 30.0. The monoisotopic (exact) mass is 729 g/mol. The van der Waals surface area contributed by atoms with Gasteiger partial charge in [-0.2, -0.15) is 0 Å². The molecule has 0 bridgehead atoms. The first-order valence-electron chi connectivity index (χ1n) is 22.4. The van der Waals surface area contributed by atoms with Gasteiger partial charge in [0.05, 0.1) is 11.1 Å². The highest BCUT2D eigenvalue weighted by Gasteiger charge is 2.13. The molecular formula is C46H84N2O4. The second-order valence-electron chi connectivity index (χ2n) is 15.2. The molecule has 0 radical (unpaired) electrons. The normalized spacial score (nSPS) is 11.5. The molecule has 0 aliphatic rings. The second-order valence-corrected chi connectivity index (χ2v) is 15.2. The molecule has 1 aromatic carbocycles. The van der Waals surface area contributed by atoms with Gasteiger partial charge in [-0.1, -0.05) is 182 Å². The van der Waals surface area contributed by atoms with Gasteiger partial charge < -0.3 is 19.3 Å². The molecule has 1 rings (SSSR count). The molecule has 0 aromatic heterocycles. The Morgan fingerprint density at radius 2 is 0.635 bits per heavy atom. The number of esters is 2. The molecular weight excluding hydrogens is 645 g/mol. The van der Waals surface area contributed by atoms with E-state index in [1.54, 1.807) is 24.3 Å². The molecule has 0 saturated carbocycles. The summed E-state index contributed by atoms with van der Waals surface area (Å²) < 4.78 is 11.1. The third-order valence-corrected chi connectivity index (χ3v) is 10.7. The van der Waals surface area contributed by atoms with Crippen LogP contribution in [0.25, 0.3) is 0 Å². The second kappa shape index (κ2) is 36.1. The molecule has 302 valence electrons. The summed E-state index contributed by atoms with van der Waals surface area (Å²) in [6.45, 7) is 15.2. The Labute approximate surface area is 322 Å². The number of ether oxygens (including phenoxy) is 2. The molecule has 0 N–H and O–H groups in total. The van der Waals surface area contributed by atoms with E-state index in [-0.39, 0.29) is 11.9 Å². The van der Waals surface area contributed by atoms with Gasteiger partial charge in [0.1, 0.15) is 13.2 Å². The van der Waals surface area contributed by atoms with E-state index in [1.807, 2.05) is 0 Å². The molecule has 0 aliphatic carbocycles. The number of hydrogen-bond acceptors (Lipinski definition) is 6. The molecule has 0 saturated heterocycles. The lowest BCUT2D eigenvalue weighted by atomic mass is 10.0. The van der Waals surface area contributed by atoms with Crippen LogP contribution in [0.15, 0.2) is 24.3 Å². The minimum Gasteiger partial charge on any atom is -0.461 e. The maximum absolute atomic E-state index is 12.6. The summed E-state index contributed by atoms with van der Waals surface area (Å²) in [5.41, 5.74) is 0.928. The van der Waals surface area contributed by atoms with Crippen LogP contribution in [0.1, 0.15) is 215 Å². The maximum atomic E-state index is 12.6. The van der Waals surface area contributed by atoms with Crippen molar-refractivity contribution in [1.82, 2.24) is 9.80 Å².